The van der Waals surface area contributed by atoms with Crippen molar-refractivity contribution in [1.82, 2.24) is 0 Å². The number of carbonyl (C=O) groups excluding carboxylic acids is 2. The lowest BCUT2D eigenvalue weighted by Crippen LogP contribution is -2.27. The van der Waals surface area contributed by atoms with Gasteiger partial charge in [0, 0.05) is 23.0 Å². The molecule has 1 saturated heterocycles. The monoisotopic (exact) mass is 476 g/mol. The molecule has 4 rings (SSSR count). The van der Waals surface area contributed by atoms with Crippen LogP contribution in [-0.2, 0) is 4.79 Å². The lowest BCUT2D eigenvalue weighted by atomic mass is 10.1. The van der Waals surface area contributed by atoms with E-state index in [0.29, 0.717) is 29.4 Å². The quantitative estimate of drug-likeness (QED) is 0.389. The largest absolute Gasteiger partial charge is 0.497 e. The van der Waals surface area contributed by atoms with E-state index in [-0.39, 0.29) is 17.2 Å². The summed E-state index contributed by atoms with van der Waals surface area (Å²) in [5, 5.41) is 2.78. The molecule has 3 aromatic rings. The van der Waals surface area contributed by atoms with E-state index < -0.39 is 0 Å². The minimum Gasteiger partial charge on any atom is -0.497 e. The first-order valence-electron chi connectivity index (χ1n) is 11.3. The molecule has 7 heteroatoms. The van der Waals surface area contributed by atoms with Crippen LogP contribution in [0.2, 0.25) is 0 Å². The van der Waals surface area contributed by atoms with Crippen molar-refractivity contribution in [3.8, 4) is 11.5 Å². The minimum atomic E-state index is -0.197. The van der Waals surface area contributed by atoms with E-state index in [1.54, 1.807) is 35.9 Å². The van der Waals surface area contributed by atoms with Crippen molar-refractivity contribution in [1.29, 1.82) is 0 Å². The Morgan fingerprint density at radius 2 is 1.85 bits per heavy atom. The van der Waals surface area contributed by atoms with Gasteiger partial charge in [0.25, 0.3) is 5.91 Å². The average Bonchev–Trinajstić information content (AvgIpc) is 3.26. The predicted molar refractivity (Wildman–Crippen MR) is 137 cm³/mol. The number of nitrogens with zero attached hydrogens (tertiary/aromatic N) is 1. The van der Waals surface area contributed by atoms with Gasteiger partial charge in [0.2, 0.25) is 5.91 Å². The van der Waals surface area contributed by atoms with Crippen LogP contribution in [0.25, 0.3) is 0 Å². The molecule has 1 fully saturated rings. The number of unbranched alkanes of at least 4 members (excludes halogenated alkanes) is 1. The zero-order valence-corrected chi connectivity index (χ0v) is 20.1. The summed E-state index contributed by atoms with van der Waals surface area (Å²) >= 11 is 1.56. The molecule has 0 radical (unpaired) electrons. The van der Waals surface area contributed by atoms with Crippen LogP contribution in [-0.4, -0.2) is 31.3 Å². The molecular formula is C27H28N2O4S. The van der Waals surface area contributed by atoms with E-state index >= 15 is 0 Å². The highest BCUT2D eigenvalue weighted by Crippen LogP contribution is 2.42. The maximum Gasteiger partial charge on any atom is 0.255 e. The molecular weight excluding hydrogens is 448 g/mol. The first-order chi connectivity index (χ1) is 16.6. The Morgan fingerprint density at radius 1 is 1.06 bits per heavy atom. The molecule has 1 aliphatic rings. The number of anilines is 2. The molecule has 1 atom stereocenters. The molecule has 176 valence electrons. The molecule has 0 spiro atoms. The van der Waals surface area contributed by atoms with Gasteiger partial charge < -0.3 is 14.8 Å². The van der Waals surface area contributed by atoms with Gasteiger partial charge in [-0.15, -0.1) is 11.8 Å². The molecule has 0 bridgehead atoms. The van der Waals surface area contributed by atoms with Crippen molar-refractivity contribution in [3.05, 3.63) is 83.9 Å². The first kappa shape index (κ1) is 23.7. The molecule has 34 heavy (non-hydrogen) atoms. The van der Waals surface area contributed by atoms with E-state index in [1.165, 1.54) is 0 Å². The van der Waals surface area contributed by atoms with Crippen LogP contribution >= 0.6 is 11.8 Å². The van der Waals surface area contributed by atoms with Gasteiger partial charge in [-0.05, 0) is 60.5 Å². The van der Waals surface area contributed by atoms with E-state index in [1.807, 2.05) is 60.7 Å². The van der Waals surface area contributed by atoms with Crippen LogP contribution in [0.1, 0.15) is 41.1 Å². The van der Waals surface area contributed by atoms with Gasteiger partial charge in [-0.3, -0.25) is 14.5 Å². The summed E-state index contributed by atoms with van der Waals surface area (Å²) in [6.07, 6.45) is 2.07. The third kappa shape index (κ3) is 5.54. The van der Waals surface area contributed by atoms with Gasteiger partial charge in [-0.2, -0.15) is 0 Å². The highest BCUT2D eigenvalue weighted by atomic mass is 32.2. The molecule has 1 aliphatic heterocycles. The van der Waals surface area contributed by atoms with Gasteiger partial charge in [0.05, 0.1) is 19.5 Å². The van der Waals surface area contributed by atoms with Crippen molar-refractivity contribution in [3.63, 3.8) is 0 Å². The Morgan fingerprint density at radius 3 is 2.62 bits per heavy atom. The maximum atomic E-state index is 12.8. The number of ether oxygens (including phenoxy) is 2. The number of thioether (sulfide) groups is 1. The summed E-state index contributed by atoms with van der Waals surface area (Å²) in [5.41, 5.74) is 2.96. The molecule has 0 unspecified atom stereocenters. The number of hydrogen-bond donors (Lipinski definition) is 1. The Hall–Kier alpha value is -3.45. The lowest BCUT2D eigenvalue weighted by molar-refractivity contribution is -0.115. The average molecular weight is 477 g/mol. The number of methoxy groups -OCH3 is 1. The van der Waals surface area contributed by atoms with Crippen LogP contribution in [0.15, 0.2) is 72.8 Å². The minimum absolute atomic E-state index is 0.0407. The summed E-state index contributed by atoms with van der Waals surface area (Å²) < 4.78 is 11.0. The molecule has 0 saturated carbocycles. The third-order valence-corrected chi connectivity index (χ3v) is 6.72. The van der Waals surface area contributed by atoms with E-state index in [0.717, 1.165) is 29.8 Å². The van der Waals surface area contributed by atoms with Crippen LogP contribution in [0.3, 0.4) is 0 Å². The standard InChI is InChI=1S/C27H28N2O4S/c1-3-4-15-33-23-13-11-19(12-14-23)26(31)28-21-8-5-7-20(16-21)27-29(25(30)18-34-27)22-9-6-10-24(17-22)32-2/h5-14,16-17,27H,3-4,15,18H2,1-2H3,(H,28,31)/t27-/m1/s1. The van der Waals surface area contributed by atoms with Crippen molar-refractivity contribution < 1.29 is 19.1 Å². The maximum absolute atomic E-state index is 12.8. The predicted octanol–water partition coefficient (Wildman–Crippen LogP) is 5.91. The number of benzene rings is 3. The summed E-state index contributed by atoms with van der Waals surface area (Å²) in [6, 6.07) is 22.3. The summed E-state index contributed by atoms with van der Waals surface area (Å²) in [6.45, 7) is 2.79. The smallest absolute Gasteiger partial charge is 0.255 e. The fraction of sp³-hybridized carbons (Fsp3) is 0.259. The van der Waals surface area contributed by atoms with Crippen molar-refractivity contribution in [2.75, 3.05) is 29.7 Å². The van der Waals surface area contributed by atoms with Gasteiger partial charge in [-0.25, -0.2) is 0 Å². The number of amides is 2. The second-order valence-electron chi connectivity index (χ2n) is 7.93. The fourth-order valence-electron chi connectivity index (χ4n) is 3.72. The zero-order valence-electron chi connectivity index (χ0n) is 19.3. The number of nitrogens with one attached hydrogen (secondary N) is 1. The molecule has 1 heterocycles. The summed E-state index contributed by atoms with van der Waals surface area (Å²) in [5.74, 6) is 1.69. The third-order valence-electron chi connectivity index (χ3n) is 5.51. The van der Waals surface area contributed by atoms with E-state index in [4.69, 9.17) is 9.47 Å². The van der Waals surface area contributed by atoms with E-state index in [2.05, 4.69) is 12.2 Å². The normalized spacial score (nSPS) is 15.3. The first-order valence-corrected chi connectivity index (χ1v) is 12.4. The van der Waals surface area contributed by atoms with Crippen LogP contribution in [0, 0.1) is 0 Å². The highest BCUT2D eigenvalue weighted by molar-refractivity contribution is 8.00. The lowest BCUT2D eigenvalue weighted by Gasteiger charge is -2.25. The van der Waals surface area contributed by atoms with Crippen molar-refractivity contribution >= 4 is 35.0 Å². The molecule has 6 nitrogen and oxygen atoms in total. The Balaban J connectivity index is 1.48. The van der Waals surface area contributed by atoms with Crippen LogP contribution in [0.4, 0.5) is 11.4 Å². The van der Waals surface area contributed by atoms with Crippen LogP contribution in [0.5, 0.6) is 11.5 Å². The number of rotatable bonds is 9. The Labute approximate surface area is 204 Å². The Bertz CT molecular complexity index is 1150. The van der Waals surface area contributed by atoms with Gasteiger partial charge >= 0.3 is 0 Å². The molecule has 2 amide bonds. The molecule has 3 aromatic carbocycles. The zero-order chi connectivity index (χ0) is 23.9. The fourth-order valence-corrected chi connectivity index (χ4v) is 4.89. The molecule has 0 aliphatic carbocycles. The number of hydrogen-bond acceptors (Lipinski definition) is 5. The second kappa shape index (κ2) is 11.1. The van der Waals surface area contributed by atoms with Gasteiger partial charge in [0.15, 0.2) is 0 Å². The summed E-state index contributed by atoms with van der Waals surface area (Å²) in [4.78, 5) is 27.3. The highest BCUT2D eigenvalue weighted by Gasteiger charge is 2.34. The number of carbonyl (C=O) groups is 2. The van der Waals surface area contributed by atoms with E-state index in [9.17, 15) is 9.59 Å². The topological polar surface area (TPSA) is 67.9 Å². The Kier molecular flexibility index (Phi) is 7.75. The van der Waals surface area contributed by atoms with Crippen molar-refractivity contribution in [2.45, 2.75) is 25.1 Å². The van der Waals surface area contributed by atoms with Crippen molar-refractivity contribution in [2.24, 2.45) is 0 Å². The molecule has 0 aromatic heterocycles. The van der Waals surface area contributed by atoms with Crippen LogP contribution < -0.4 is 19.7 Å². The van der Waals surface area contributed by atoms with Gasteiger partial charge in [-0.1, -0.05) is 31.5 Å². The SMILES string of the molecule is CCCCOc1ccc(C(=O)Nc2cccc([C@H]3SCC(=O)N3c3cccc(OC)c3)c2)cc1. The summed E-state index contributed by atoms with van der Waals surface area (Å²) in [7, 11) is 1.61. The second-order valence-corrected chi connectivity index (χ2v) is 9.00. The van der Waals surface area contributed by atoms with Gasteiger partial charge in [0.1, 0.15) is 16.9 Å². The molecule has 1 N–H and O–H groups in total.